The highest BCUT2D eigenvalue weighted by molar-refractivity contribution is 5.73. The zero-order valence-electron chi connectivity index (χ0n) is 8.98. The van der Waals surface area contributed by atoms with Crippen LogP contribution in [-0.4, -0.2) is 17.1 Å². The van der Waals surface area contributed by atoms with E-state index in [4.69, 9.17) is 10.4 Å². The molecule has 0 bridgehead atoms. The summed E-state index contributed by atoms with van der Waals surface area (Å²) in [4.78, 5) is 10.8. The summed E-state index contributed by atoms with van der Waals surface area (Å²) in [7, 11) is 0. The number of nitrogens with zero attached hydrogens (tertiary/aromatic N) is 1. The van der Waals surface area contributed by atoms with E-state index in [1.807, 2.05) is 0 Å². The van der Waals surface area contributed by atoms with Gasteiger partial charge in [-0.25, -0.2) is 4.39 Å². The monoisotopic (exact) mass is 234 g/mol. The molecule has 0 aromatic heterocycles. The third-order valence-corrected chi connectivity index (χ3v) is 3.06. The molecule has 88 valence electrons. The van der Waals surface area contributed by atoms with Crippen LogP contribution in [0.25, 0.3) is 0 Å². The number of hydrogen-bond donors (Lipinski definition) is 2. The van der Waals surface area contributed by atoms with Gasteiger partial charge in [0.05, 0.1) is 11.6 Å². The number of carboxylic acids is 1. The Hall–Kier alpha value is -2.09. The van der Waals surface area contributed by atoms with Crippen molar-refractivity contribution < 1.29 is 14.3 Å². The van der Waals surface area contributed by atoms with E-state index in [1.165, 1.54) is 12.1 Å². The van der Waals surface area contributed by atoms with Crippen molar-refractivity contribution in [1.82, 2.24) is 0 Å². The topological polar surface area (TPSA) is 73.1 Å². The number of benzene rings is 1. The van der Waals surface area contributed by atoms with Crippen LogP contribution in [0.15, 0.2) is 18.2 Å². The fourth-order valence-corrected chi connectivity index (χ4v) is 1.93. The van der Waals surface area contributed by atoms with Crippen molar-refractivity contribution in [3.05, 3.63) is 29.6 Å². The molecule has 0 saturated heterocycles. The lowest BCUT2D eigenvalue weighted by atomic mass is 9.79. The van der Waals surface area contributed by atoms with Crippen molar-refractivity contribution in [3.8, 4) is 6.07 Å². The summed E-state index contributed by atoms with van der Waals surface area (Å²) in [5.41, 5.74) is 0.298. The first-order valence-electron chi connectivity index (χ1n) is 5.31. The van der Waals surface area contributed by atoms with Crippen LogP contribution in [0.3, 0.4) is 0 Å². The van der Waals surface area contributed by atoms with E-state index in [0.717, 1.165) is 6.42 Å². The van der Waals surface area contributed by atoms with Crippen molar-refractivity contribution in [2.24, 2.45) is 5.92 Å². The number of nitriles is 1. The number of aliphatic carboxylic acids is 1. The summed E-state index contributed by atoms with van der Waals surface area (Å²) in [5.74, 6) is -1.91. The van der Waals surface area contributed by atoms with Crippen LogP contribution >= 0.6 is 0 Å². The van der Waals surface area contributed by atoms with Gasteiger partial charge in [0.2, 0.25) is 0 Å². The summed E-state index contributed by atoms with van der Waals surface area (Å²) >= 11 is 0. The van der Waals surface area contributed by atoms with Crippen molar-refractivity contribution in [2.75, 3.05) is 5.32 Å². The zero-order chi connectivity index (χ0) is 12.4. The molecule has 0 radical (unpaired) electrons. The predicted octanol–water partition coefficient (Wildman–Crippen LogP) is 1.97. The SMILES string of the molecule is N#Cc1c(F)cccc1NC1CCC1C(=O)O. The van der Waals surface area contributed by atoms with Crippen molar-refractivity contribution in [1.29, 1.82) is 5.26 Å². The number of nitrogens with one attached hydrogen (secondary N) is 1. The number of carboxylic acid groups (broad SMARTS) is 1. The Morgan fingerprint density at radius 2 is 2.29 bits per heavy atom. The second-order valence-electron chi connectivity index (χ2n) is 4.05. The summed E-state index contributed by atoms with van der Waals surface area (Å²) in [6.07, 6.45) is 1.34. The van der Waals surface area contributed by atoms with Gasteiger partial charge in [0, 0.05) is 6.04 Å². The summed E-state index contributed by atoms with van der Waals surface area (Å²) in [5, 5.41) is 20.6. The predicted molar refractivity (Wildman–Crippen MR) is 58.9 cm³/mol. The zero-order valence-corrected chi connectivity index (χ0v) is 8.98. The molecule has 1 aliphatic carbocycles. The van der Waals surface area contributed by atoms with E-state index >= 15 is 0 Å². The highest BCUT2D eigenvalue weighted by Gasteiger charge is 2.36. The first kappa shape index (κ1) is 11.4. The number of rotatable bonds is 3. The molecule has 1 aromatic carbocycles. The van der Waals surface area contributed by atoms with E-state index < -0.39 is 17.7 Å². The fourth-order valence-electron chi connectivity index (χ4n) is 1.93. The Bertz CT molecular complexity index is 496. The Labute approximate surface area is 97.7 Å². The van der Waals surface area contributed by atoms with Crippen LogP contribution in [0.4, 0.5) is 10.1 Å². The average molecular weight is 234 g/mol. The highest BCUT2D eigenvalue weighted by Crippen LogP contribution is 2.31. The molecule has 0 amide bonds. The lowest BCUT2D eigenvalue weighted by molar-refractivity contribution is -0.144. The Morgan fingerprint density at radius 3 is 2.82 bits per heavy atom. The minimum atomic E-state index is -0.858. The van der Waals surface area contributed by atoms with Crippen molar-refractivity contribution in [3.63, 3.8) is 0 Å². The largest absolute Gasteiger partial charge is 0.481 e. The van der Waals surface area contributed by atoms with E-state index in [1.54, 1.807) is 12.1 Å². The summed E-state index contributed by atoms with van der Waals surface area (Å²) in [6.45, 7) is 0. The highest BCUT2D eigenvalue weighted by atomic mass is 19.1. The lowest BCUT2D eigenvalue weighted by Gasteiger charge is -2.34. The van der Waals surface area contributed by atoms with Crippen molar-refractivity contribution in [2.45, 2.75) is 18.9 Å². The molecule has 0 aliphatic heterocycles. The molecule has 2 atom stereocenters. The number of hydrogen-bond acceptors (Lipinski definition) is 3. The van der Waals surface area contributed by atoms with Gasteiger partial charge in [0.25, 0.3) is 0 Å². The van der Waals surface area contributed by atoms with Crippen molar-refractivity contribution >= 4 is 11.7 Å². The van der Waals surface area contributed by atoms with Gasteiger partial charge in [-0.1, -0.05) is 6.07 Å². The molecule has 0 heterocycles. The maximum Gasteiger partial charge on any atom is 0.308 e. The minimum Gasteiger partial charge on any atom is -0.481 e. The molecular formula is C12H11FN2O2. The van der Waals surface area contributed by atoms with Gasteiger partial charge in [0.1, 0.15) is 17.4 Å². The molecule has 4 nitrogen and oxygen atoms in total. The van der Waals surface area contributed by atoms with Crippen LogP contribution < -0.4 is 5.32 Å². The standard InChI is InChI=1S/C12H11FN2O2/c13-9-2-1-3-10(8(9)6-14)15-11-5-4-7(11)12(16)17/h1-3,7,11,15H,4-5H2,(H,16,17). The fraction of sp³-hybridized carbons (Fsp3) is 0.333. The molecule has 17 heavy (non-hydrogen) atoms. The van der Waals surface area contributed by atoms with Crippen LogP contribution in [-0.2, 0) is 4.79 Å². The molecule has 2 N–H and O–H groups in total. The third-order valence-electron chi connectivity index (χ3n) is 3.06. The van der Waals surface area contributed by atoms with Gasteiger partial charge in [0.15, 0.2) is 0 Å². The van der Waals surface area contributed by atoms with E-state index in [9.17, 15) is 9.18 Å². The Balaban J connectivity index is 2.17. The average Bonchev–Trinajstić information content (AvgIpc) is 2.23. The van der Waals surface area contributed by atoms with E-state index in [0.29, 0.717) is 12.1 Å². The molecule has 1 fully saturated rings. The van der Waals surface area contributed by atoms with Crippen LogP contribution in [0.5, 0.6) is 0 Å². The smallest absolute Gasteiger partial charge is 0.308 e. The van der Waals surface area contributed by atoms with Gasteiger partial charge in [-0.05, 0) is 25.0 Å². The van der Waals surface area contributed by atoms with Gasteiger partial charge < -0.3 is 10.4 Å². The Kier molecular flexibility index (Phi) is 2.96. The second-order valence-corrected chi connectivity index (χ2v) is 4.05. The maximum absolute atomic E-state index is 13.3. The molecule has 0 spiro atoms. The molecular weight excluding hydrogens is 223 g/mol. The number of anilines is 1. The van der Waals surface area contributed by atoms with Gasteiger partial charge >= 0.3 is 5.97 Å². The number of carbonyl (C=O) groups is 1. The van der Waals surface area contributed by atoms with Gasteiger partial charge in [-0.15, -0.1) is 0 Å². The first-order valence-corrected chi connectivity index (χ1v) is 5.31. The van der Waals surface area contributed by atoms with Gasteiger partial charge in [-0.2, -0.15) is 5.26 Å². The van der Waals surface area contributed by atoms with Crippen LogP contribution in [0.2, 0.25) is 0 Å². The number of halogens is 1. The quantitative estimate of drug-likeness (QED) is 0.838. The molecule has 2 unspecified atom stereocenters. The molecule has 1 aromatic rings. The molecule has 5 heteroatoms. The van der Waals surface area contributed by atoms with Crippen LogP contribution in [0, 0.1) is 23.1 Å². The first-order chi connectivity index (χ1) is 8.13. The summed E-state index contributed by atoms with van der Waals surface area (Å²) in [6, 6.07) is 5.84. The normalized spacial score (nSPS) is 22.4. The van der Waals surface area contributed by atoms with E-state index in [2.05, 4.69) is 5.32 Å². The maximum atomic E-state index is 13.3. The van der Waals surface area contributed by atoms with Crippen LogP contribution in [0.1, 0.15) is 18.4 Å². The Morgan fingerprint density at radius 1 is 1.53 bits per heavy atom. The third kappa shape index (κ3) is 2.07. The lowest BCUT2D eigenvalue weighted by Crippen LogP contribution is -2.43. The van der Waals surface area contributed by atoms with E-state index in [-0.39, 0.29) is 11.6 Å². The molecule has 2 rings (SSSR count). The molecule has 1 aliphatic rings. The van der Waals surface area contributed by atoms with Gasteiger partial charge in [-0.3, -0.25) is 4.79 Å². The molecule has 1 saturated carbocycles. The summed E-state index contributed by atoms with van der Waals surface area (Å²) < 4.78 is 13.3. The minimum absolute atomic E-state index is 0.0662. The second kappa shape index (κ2) is 4.42.